The summed E-state index contributed by atoms with van der Waals surface area (Å²) in [7, 11) is 1.53. The Hall–Kier alpha value is -2.00. The van der Waals surface area contributed by atoms with Gasteiger partial charge in [-0.05, 0) is 23.3 Å². The van der Waals surface area contributed by atoms with Crippen LogP contribution in [-0.4, -0.2) is 12.2 Å². The van der Waals surface area contributed by atoms with Crippen molar-refractivity contribution in [3.05, 3.63) is 59.7 Å². The van der Waals surface area contributed by atoms with Gasteiger partial charge in [-0.15, -0.1) is 0 Å². The zero-order chi connectivity index (χ0) is 13.7. The molecule has 1 N–H and O–H groups in total. The Morgan fingerprint density at radius 1 is 1.06 bits per heavy atom. The molecule has 3 heteroatoms. The maximum absolute atomic E-state index is 9.21. The predicted molar refractivity (Wildman–Crippen MR) is 69.7 cm³/mol. The average Bonchev–Trinajstić information content (AvgIpc) is 2.45. The number of rotatable bonds is 5. The first-order chi connectivity index (χ1) is 9.20. The van der Waals surface area contributed by atoms with Crippen molar-refractivity contribution >= 4 is 0 Å². The van der Waals surface area contributed by atoms with Crippen molar-refractivity contribution in [1.29, 1.82) is 0 Å². The fourth-order valence-electron chi connectivity index (χ4n) is 1.62. The Kier molecular flexibility index (Phi) is 3.75. The highest BCUT2D eigenvalue weighted by atomic mass is 16.5. The van der Waals surface area contributed by atoms with E-state index in [4.69, 9.17) is 10.8 Å². The summed E-state index contributed by atoms with van der Waals surface area (Å²) in [5.41, 5.74) is 1.54. The first-order valence-electron chi connectivity index (χ1n) is 6.23. The van der Waals surface area contributed by atoms with Gasteiger partial charge in [0.25, 0.3) is 0 Å². The van der Waals surface area contributed by atoms with Crippen molar-refractivity contribution in [3.8, 4) is 11.5 Å². The molecule has 0 bridgehead atoms. The lowest BCUT2D eigenvalue weighted by Crippen LogP contribution is -1.98. The van der Waals surface area contributed by atoms with Gasteiger partial charge in [0.2, 0.25) is 0 Å². The Labute approximate surface area is 108 Å². The third kappa shape index (κ3) is 3.02. The van der Waals surface area contributed by atoms with Crippen LogP contribution in [0.2, 0.25) is 0 Å². The molecule has 0 aliphatic carbocycles. The lowest BCUT2D eigenvalue weighted by Gasteiger charge is -2.11. The maximum atomic E-state index is 9.21. The molecule has 0 heterocycles. The number of aliphatic hydroxyl groups excluding tert-OH is 1. The number of aliphatic hydroxyl groups is 1. The minimum absolute atomic E-state index is 0.444. The van der Waals surface area contributed by atoms with E-state index in [-0.39, 0.29) is 0 Å². The van der Waals surface area contributed by atoms with Crippen LogP contribution in [0.1, 0.15) is 12.5 Å². The van der Waals surface area contributed by atoms with Gasteiger partial charge in [-0.25, -0.2) is 0 Å². The number of benzene rings is 2. The SMILES string of the molecule is [3H][C@H](O)c1ccc(OCc2ccccc2)c(OC)c1. The number of hydrogen-bond donors (Lipinski definition) is 1. The summed E-state index contributed by atoms with van der Waals surface area (Å²) in [5.74, 6) is 1.11. The molecule has 0 saturated carbocycles. The third-order valence-corrected chi connectivity index (χ3v) is 2.57. The molecule has 0 aromatic heterocycles. The Bertz CT molecular complexity index is 526. The van der Waals surface area contributed by atoms with E-state index in [0.29, 0.717) is 23.7 Å². The van der Waals surface area contributed by atoms with Crippen molar-refractivity contribution in [1.82, 2.24) is 0 Å². The molecule has 2 aromatic rings. The lowest BCUT2D eigenvalue weighted by molar-refractivity contribution is 0.274. The normalized spacial score (nSPS) is 12.7. The van der Waals surface area contributed by atoms with Gasteiger partial charge in [-0.3, -0.25) is 0 Å². The summed E-state index contributed by atoms with van der Waals surface area (Å²) in [5, 5.41) is 9.21. The minimum Gasteiger partial charge on any atom is -0.493 e. The van der Waals surface area contributed by atoms with Crippen LogP contribution < -0.4 is 9.47 Å². The number of hydrogen-bond acceptors (Lipinski definition) is 3. The van der Waals surface area contributed by atoms with Crippen LogP contribution in [0, 0.1) is 0 Å². The molecule has 0 radical (unpaired) electrons. The summed E-state index contributed by atoms with van der Waals surface area (Å²) >= 11 is 0. The Morgan fingerprint density at radius 3 is 2.50 bits per heavy atom. The van der Waals surface area contributed by atoms with Crippen molar-refractivity contribution in [2.24, 2.45) is 0 Å². The summed E-state index contributed by atoms with van der Waals surface area (Å²) in [6.07, 6.45) is 0. The molecular formula is C15H16O3. The first kappa shape index (κ1) is 11.1. The fourth-order valence-corrected chi connectivity index (χ4v) is 1.62. The standard InChI is InChI=1S/C15H16O3/c1-17-15-9-13(10-16)7-8-14(15)18-11-12-5-3-2-4-6-12/h2-9,16H,10-11H2,1H3/i10T/t10-/m0/s1. The van der Waals surface area contributed by atoms with Crippen molar-refractivity contribution in [2.45, 2.75) is 13.2 Å². The summed E-state index contributed by atoms with van der Waals surface area (Å²) in [6, 6.07) is 14.8. The van der Waals surface area contributed by atoms with E-state index < -0.39 is 6.58 Å². The molecule has 2 aromatic carbocycles. The van der Waals surface area contributed by atoms with Gasteiger partial charge in [0, 0.05) is 0 Å². The van der Waals surface area contributed by atoms with Gasteiger partial charge in [-0.2, -0.15) is 0 Å². The van der Waals surface area contributed by atoms with Gasteiger partial charge in [0.15, 0.2) is 11.5 Å². The Morgan fingerprint density at radius 2 is 1.83 bits per heavy atom. The molecular weight excluding hydrogens is 228 g/mol. The topological polar surface area (TPSA) is 38.7 Å². The zero-order valence-corrected chi connectivity index (χ0v) is 10.2. The molecule has 1 atom stereocenters. The molecule has 0 spiro atoms. The second-order valence-corrected chi connectivity index (χ2v) is 3.81. The minimum atomic E-state index is -1.27. The highest BCUT2D eigenvalue weighted by Gasteiger charge is 2.05. The van der Waals surface area contributed by atoms with E-state index in [1.54, 1.807) is 18.2 Å². The van der Waals surface area contributed by atoms with E-state index in [2.05, 4.69) is 0 Å². The molecule has 18 heavy (non-hydrogen) atoms. The highest BCUT2D eigenvalue weighted by Crippen LogP contribution is 2.28. The lowest BCUT2D eigenvalue weighted by atomic mass is 10.2. The molecule has 94 valence electrons. The van der Waals surface area contributed by atoms with Crippen molar-refractivity contribution in [3.63, 3.8) is 0 Å². The van der Waals surface area contributed by atoms with Gasteiger partial charge in [0.1, 0.15) is 6.61 Å². The van der Waals surface area contributed by atoms with Crippen LogP contribution in [0.4, 0.5) is 0 Å². The quantitative estimate of drug-likeness (QED) is 0.881. The number of methoxy groups -OCH3 is 1. The monoisotopic (exact) mass is 246 g/mol. The Balaban J connectivity index is 2.12. The van der Waals surface area contributed by atoms with Gasteiger partial charge < -0.3 is 14.6 Å². The summed E-state index contributed by atoms with van der Waals surface area (Å²) in [4.78, 5) is 0. The molecule has 0 aliphatic heterocycles. The van der Waals surface area contributed by atoms with Gasteiger partial charge in [-0.1, -0.05) is 36.4 Å². The molecule has 3 nitrogen and oxygen atoms in total. The molecule has 0 amide bonds. The maximum Gasteiger partial charge on any atom is 0.161 e. The van der Waals surface area contributed by atoms with Crippen molar-refractivity contribution < 1.29 is 16.0 Å². The molecule has 0 aliphatic rings. The van der Waals surface area contributed by atoms with E-state index in [1.165, 1.54) is 7.11 Å². The van der Waals surface area contributed by atoms with E-state index in [0.717, 1.165) is 5.56 Å². The van der Waals surface area contributed by atoms with Crippen LogP contribution >= 0.6 is 0 Å². The average molecular weight is 246 g/mol. The summed E-state index contributed by atoms with van der Waals surface area (Å²) in [6.45, 7) is -0.822. The zero-order valence-electron chi connectivity index (χ0n) is 11.2. The largest absolute Gasteiger partial charge is 0.493 e. The fraction of sp³-hybridized carbons (Fsp3) is 0.200. The third-order valence-electron chi connectivity index (χ3n) is 2.57. The van der Waals surface area contributed by atoms with Crippen LogP contribution in [0.25, 0.3) is 0 Å². The van der Waals surface area contributed by atoms with E-state index in [1.807, 2.05) is 30.3 Å². The van der Waals surface area contributed by atoms with Crippen LogP contribution in [0.15, 0.2) is 48.5 Å². The van der Waals surface area contributed by atoms with E-state index in [9.17, 15) is 5.11 Å². The molecule has 0 unspecified atom stereocenters. The second kappa shape index (κ2) is 6.07. The van der Waals surface area contributed by atoms with Crippen LogP contribution in [-0.2, 0) is 13.2 Å². The van der Waals surface area contributed by atoms with E-state index >= 15 is 0 Å². The second-order valence-electron chi connectivity index (χ2n) is 3.81. The first-order valence-corrected chi connectivity index (χ1v) is 5.65. The van der Waals surface area contributed by atoms with Crippen molar-refractivity contribution in [2.75, 3.05) is 7.11 Å². The van der Waals surface area contributed by atoms with Gasteiger partial charge in [0.05, 0.1) is 15.1 Å². The number of ether oxygens (including phenoxy) is 2. The van der Waals surface area contributed by atoms with Crippen LogP contribution in [0.5, 0.6) is 11.5 Å². The predicted octanol–water partition coefficient (Wildman–Crippen LogP) is 2.77. The summed E-state index contributed by atoms with van der Waals surface area (Å²) < 4.78 is 18.1. The van der Waals surface area contributed by atoms with Gasteiger partial charge >= 0.3 is 0 Å². The van der Waals surface area contributed by atoms with Crippen LogP contribution in [0.3, 0.4) is 0 Å². The molecule has 2 rings (SSSR count). The smallest absolute Gasteiger partial charge is 0.161 e. The molecule has 0 saturated heterocycles. The highest BCUT2D eigenvalue weighted by molar-refractivity contribution is 5.42. The molecule has 0 fully saturated rings.